The van der Waals surface area contributed by atoms with Crippen molar-refractivity contribution in [3.05, 3.63) is 78.1 Å². The molecule has 1 atom stereocenters. The number of nitrogens with one attached hydrogen (secondary N) is 1. The first-order valence-electron chi connectivity index (χ1n) is 9.77. The lowest BCUT2D eigenvalue weighted by Crippen LogP contribution is -2.46. The largest absolute Gasteiger partial charge is 0.494 e. The van der Waals surface area contributed by atoms with Gasteiger partial charge in [-0.05, 0) is 42.0 Å². The monoisotopic (exact) mass is 412 g/mol. The van der Waals surface area contributed by atoms with Crippen molar-refractivity contribution in [2.24, 2.45) is 4.99 Å². The first-order valence-corrected chi connectivity index (χ1v) is 9.77. The lowest BCUT2D eigenvalue weighted by molar-refractivity contribution is -0.126. The summed E-state index contributed by atoms with van der Waals surface area (Å²) in [4.78, 5) is 17.5. The molecule has 1 heterocycles. The third-order valence-corrected chi connectivity index (χ3v) is 4.71. The van der Waals surface area contributed by atoms with E-state index in [2.05, 4.69) is 16.9 Å². The van der Waals surface area contributed by atoms with Gasteiger partial charge in [0.25, 0.3) is 5.91 Å². The number of carbonyl (C=O) groups excluding carboxylic acids is 1. The van der Waals surface area contributed by atoms with Gasteiger partial charge in [-0.1, -0.05) is 18.2 Å². The van der Waals surface area contributed by atoms with E-state index in [1.807, 2.05) is 12.1 Å². The topological polar surface area (TPSA) is 80.2 Å². The van der Waals surface area contributed by atoms with Crippen molar-refractivity contribution in [2.45, 2.75) is 24.9 Å². The zero-order valence-electron chi connectivity index (χ0n) is 16.6. The van der Waals surface area contributed by atoms with Crippen molar-refractivity contribution in [3.63, 3.8) is 0 Å². The standard InChI is InChI=1S/C23H25FN2O4/c1-2-12-23(22(28)25-15-17-4-8-19(24)9-5-17)16-30-21(26-23)18-6-10-20(11-7-18)29-14-3-13-27/h2,4-11,27H,1,3,12-16H2,(H,25,28)/t23-/m1/s1. The summed E-state index contributed by atoms with van der Waals surface area (Å²) >= 11 is 0. The van der Waals surface area contributed by atoms with Crippen LogP contribution in [0.25, 0.3) is 0 Å². The summed E-state index contributed by atoms with van der Waals surface area (Å²) in [5, 5.41) is 11.7. The predicted octanol–water partition coefficient (Wildman–Crippen LogP) is 3.00. The Morgan fingerprint density at radius 2 is 2.00 bits per heavy atom. The number of amides is 1. The van der Waals surface area contributed by atoms with Crippen LogP contribution in [-0.4, -0.2) is 42.3 Å². The van der Waals surface area contributed by atoms with Gasteiger partial charge in [0.05, 0.1) is 6.61 Å². The quantitative estimate of drug-likeness (QED) is 0.464. The molecule has 0 bridgehead atoms. The van der Waals surface area contributed by atoms with Crippen molar-refractivity contribution in [2.75, 3.05) is 19.8 Å². The van der Waals surface area contributed by atoms with E-state index < -0.39 is 5.54 Å². The number of benzene rings is 2. The molecule has 0 radical (unpaired) electrons. The van der Waals surface area contributed by atoms with Gasteiger partial charge in [0.15, 0.2) is 5.54 Å². The highest BCUT2D eigenvalue weighted by Gasteiger charge is 2.43. The summed E-state index contributed by atoms with van der Waals surface area (Å²) in [6.45, 7) is 4.63. The minimum atomic E-state index is -1.09. The fourth-order valence-corrected chi connectivity index (χ4v) is 3.04. The predicted molar refractivity (Wildman–Crippen MR) is 112 cm³/mol. The van der Waals surface area contributed by atoms with Gasteiger partial charge < -0.3 is 19.9 Å². The molecule has 1 aliphatic rings. The van der Waals surface area contributed by atoms with Crippen molar-refractivity contribution in [1.29, 1.82) is 0 Å². The van der Waals surface area contributed by atoms with Crippen LogP contribution in [0.4, 0.5) is 4.39 Å². The van der Waals surface area contributed by atoms with E-state index in [4.69, 9.17) is 14.6 Å². The smallest absolute Gasteiger partial charge is 0.252 e. The highest BCUT2D eigenvalue weighted by atomic mass is 19.1. The molecule has 2 N–H and O–H groups in total. The molecule has 0 fully saturated rings. The van der Waals surface area contributed by atoms with Crippen LogP contribution in [0.3, 0.4) is 0 Å². The fourth-order valence-electron chi connectivity index (χ4n) is 3.04. The van der Waals surface area contributed by atoms with Crippen molar-refractivity contribution >= 4 is 11.8 Å². The van der Waals surface area contributed by atoms with Crippen LogP contribution >= 0.6 is 0 Å². The Morgan fingerprint density at radius 3 is 2.67 bits per heavy atom. The highest BCUT2D eigenvalue weighted by Crippen LogP contribution is 2.27. The summed E-state index contributed by atoms with van der Waals surface area (Å²) in [5.74, 6) is 0.470. The van der Waals surface area contributed by atoms with Gasteiger partial charge in [-0.2, -0.15) is 0 Å². The number of nitrogens with zero attached hydrogens (tertiary/aromatic N) is 1. The van der Waals surface area contributed by atoms with Gasteiger partial charge in [0.2, 0.25) is 5.90 Å². The number of aliphatic hydroxyl groups excluding tert-OH is 1. The molecular formula is C23H25FN2O4. The van der Waals surface area contributed by atoms with Gasteiger partial charge in [-0.3, -0.25) is 4.79 Å². The number of halogens is 1. The molecule has 30 heavy (non-hydrogen) atoms. The maximum atomic E-state index is 13.0. The number of aliphatic imine (C=N–C) groups is 1. The van der Waals surface area contributed by atoms with Gasteiger partial charge in [-0.15, -0.1) is 6.58 Å². The Kier molecular flexibility index (Phi) is 7.19. The van der Waals surface area contributed by atoms with E-state index in [0.29, 0.717) is 31.1 Å². The lowest BCUT2D eigenvalue weighted by atomic mass is 9.96. The van der Waals surface area contributed by atoms with E-state index in [9.17, 15) is 9.18 Å². The zero-order valence-corrected chi connectivity index (χ0v) is 16.6. The number of ether oxygens (including phenoxy) is 2. The number of rotatable bonds is 10. The van der Waals surface area contributed by atoms with Gasteiger partial charge in [-0.25, -0.2) is 9.38 Å². The van der Waals surface area contributed by atoms with E-state index in [1.165, 1.54) is 12.1 Å². The summed E-state index contributed by atoms with van der Waals surface area (Å²) in [5.41, 5.74) is 0.438. The minimum Gasteiger partial charge on any atom is -0.494 e. The molecule has 0 spiro atoms. The highest BCUT2D eigenvalue weighted by molar-refractivity contribution is 6.00. The Morgan fingerprint density at radius 1 is 1.27 bits per heavy atom. The van der Waals surface area contributed by atoms with Crippen LogP contribution in [0.2, 0.25) is 0 Å². The second-order valence-corrected chi connectivity index (χ2v) is 6.99. The Bertz CT molecular complexity index is 896. The molecule has 3 rings (SSSR count). The summed E-state index contributed by atoms with van der Waals surface area (Å²) in [6, 6.07) is 13.2. The van der Waals surface area contributed by atoms with Crippen LogP contribution in [-0.2, 0) is 16.1 Å². The number of hydrogen-bond acceptors (Lipinski definition) is 5. The third kappa shape index (κ3) is 5.24. The second kappa shape index (κ2) is 10.0. The molecule has 2 aromatic rings. The van der Waals surface area contributed by atoms with Crippen LogP contribution in [0.5, 0.6) is 5.75 Å². The van der Waals surface area contributed by atoms with Crippen LogP contribution < -0.4 is 10.1 Å². The first kappa shape index (κ1) is 21.5. The van der Waals surface area contributed by atoms with Gasteiger partial charge >= 0.3 is 0 Å². The lowest BCUT2D eigenvalue weighted by Gasteiger charge is -2.21. The maximum Gasteiger partial charge on any atom is 0.252 e. The summed E-state index contributed by atoms with van der Waals surface area (Å²) in [7, 11) is 0. The normalized spacial score (nSPS) is 17.7. The summed E-state index contributed by atoms with van der Waals surface area (Å²) in [6.07, 6.45) is 2.54. The first-order chi connectivity index (χ1) is 14.6. The molecule has 0 aliphatic carbocycles. The number of carbonyl (C=O) groups is 1. The maximum absolute atomic E-state index is 13.0. The molecule has 0 saturated carbocycles. The Labute approximate surface area is 175 Å². The number of aliphatic hydroxyl groups is 1. The molecule has 7 heteroatoms. The van der Waals surface area contributed by atoms with Crippen LogP contribution in [0.15, 0.2) is 66.2 Å². The molecule has 0 saturated heterocycles. The molecule has 6 nitrogen and oxygen atoms in total. The average molecular weight is 412 g/mol. The fraction of sp³-hybridized carbons (Fsp3) is 0.304. The van der Waals surface area contributed by atoms with Gasteiger partial charge in [0.1, 0.15) is 18.2 Å². The molecular weight excluding hydrogens is 387 g/mol. The molecule has 158 valence electrons. The minimum absolute atomic E-state index is 0.0807. The zero-order chi connectivity index (χ0) is 21.4. The molecule has 0 aromatic heterocycles. The van der Waals surface area contributed by atoms with E-state index in [0.717, 1.165) is 11.1 Å². The van der Waals surface area contributed by atoms with E-state index in [1.54, 1.807) is 30.3 Å². The van der Waals surface area contributed by atoms with E-state index in [-0.39, 0.29) is 31.5 Å². The molecule has 1 aliphatic heterocycles. The second-order valence-electron chi connectivity index (χ2n) is 6.99. The Hall–Kier alpha value is -3.19. The van der Waals surface area contributed by atoms with Crippen molar-refractivity contribution in [3.8, 4) is 5.75 Å². The summed E-state index contributed by atoms with van der Waals surface area (Å²) < 4.78 is 24.3. The van der Waals surface area contributed by atoms with Gasteiger partial charge in [0, 0.05) is 31.6 Å². The van der Waals surface area contributed by atoms with E-state index >= 15 is 0 Å². The van der Waals surface area contributed by atoms with Crippen molar-refractivity contribution in [1.82, 2.24) is 5.32 Å². The molecule has 1 amide bonds. The number of hydrogen-bond donors (Lipinski definition) is 2. The van der Waals surface area contributed by atoms with Crippen molar-refractivity contribution < 1.29 is 23.8 Å². The molecule has 2 aromatic carbocycles. The third-order valence-electron chi connectivity index (χ3n) is 4.71. The average Bonchev–Trinajstić information content (AvgIpc) is 3.19. The molecule has 0 unspecified atom stereocenters. The van der Waals surface area contributed by atoms with Crippen LogP contribution in [0, 0.1) is 5.82 Å². The van der Waals surface area contributed by atoms with Crippen LogP contribution in [0.1, 0.15) is 24.0 Å². The SMILES string of the molecule is C=CC[C@]1(C(=O)NCc2ccc(F)cc2)COC(c2ccc(OCCCO)cc2)=N1. The Balaban J connectivity index is 1.69.